The molecule has 1 fully saturated rings. The number of benzene rings is 1. The lowest BCUT2D eigenvalue weighted by Gasteiger charge is -2.03. The number of nitrogens with one attached hydrogen (secondary N) is 1. The van der Waals surface area contributed by atoms with Gasteiger partial charge in [0.1, 0.15) is 17.3 Å². The molecule has 1 aromatic heterocycles. The van der Waals surface area contributed by atoms with Crippen LogP contribution in [-0.4, -0.2) is 5.91 Å². The van der Waals surface area contributed by atoms with Gasteiger partial charge in [0.2, 0.25) is 5.91 Å². The summed E-state index contributed by atoms with van der Waals surface area (Å²) in [6.07, 6.45) is 4.03. The number of hydrogen-bond donors (Lipinski definition) is 1. The van der Waals surface area contributed by atoms with Gasteiger partial charge in [-0.05, 0) is 48.7 Å². The lowest BCUT2D eigenvalue weighted by Crippen LogP contribution is -2.09. The zero-order chi connectivity index (χ0) is 15.7. The van der Waals surface area contributed by atoms with Gasteiger partial charge in [-0.3, -0.25) is 4.79 Å². The van der Waals surface area contributed by atoms with E-state index in [1.165, 1.54) is 18.2 Å². The van der Waals surface area contributed by atoms with Crippen LogP contribution in [0, 0.1) is 11.7 Å². The smallest absolute Gasteiger partial charge is 0.248 e. The van der Waals surface area contributed by atoms with Gasteiger partial charge in [-0.25, -0.2) is 4.39 Å². The molecule has 5 heteroatoms. The van der Waals surface area contributed by atoms with Crippen molar-refractivity contribution in [2.45, 2.75) is 19.3 Å². The molecule has 0 bridgehead atoms. The van der Waals surface area contributed by atoms with Crippen molar-refractivity contribution in [2.75, 3.05) is 5.32 Å². The third-order valence-corrected chi connectivity index (χ3v) is 3.95. The van der Waals surface area contributed by atoms with Crippen LogP contribution in [0.25, 0.3) is 6.08 Å². The first kappa shape index (κ1) is 14.9. The summed E-state index contributed by atoms with van der Waals surface area (Å²) >= 11 is 5.66. The molecule has 1 heterocycles. The van der Waals surface area contributed by atoms with E-state index >= 15 is 0 Å². The number of halogens is 2. The molecule has 22 heavy (non-hydrogen) atoms. The van der Waals surface area contributed by atoms with Crippen molar-refractivity contribution in [3.05, 3.63) is 58.8 Å². The predicted octanol–water partition coefficient (Wildman–Crippen LogP) is 4.85. The fourth-order valence-corrected chi connectivity index (χ4v) is 2.46. The molecule has 0 aliphatic heterocycles. The van der Waals surface area contributed by atoms with E-state index in [9.17, 15) is 9.18 Å². The van der Waals surface area contributed by atoms with Gasteiger partial charge in [-0.1, -0.05) is 18.5 Å². The molecule has 1 N–H and O–H groups in total. The lowest BCUT2D eigenvalue weighted by molar-refractivity contribution is -0.111. The first-order chi connectivity index (χ1) is 10.5. The summed E-state index contributed by atoms with van der Waals surface area (Å²) in [4.78, 5) is 11.8. The predicted molar refractivity (Wildman–Crippen MR) is 84.3 cm³/mol. The molecule has 1 aromatic carbocycles. The number of carbonyl (C=O) groups excluding carboxylic acids is 1. The summed E-state index contributed by atoms with van der Waals surface area (Å²) < 4.78 is 19.2. The van der Waals surface area contributed by atoms with Crippen LogP contribution in [0.2, 0.25) is 5.02 Å². The summed E-state index contributed by atoms with van der Waals surface area (Å²) in [7, 11) is 0. The molecule has 1 amide bonds. The van der Waals surface area contributed by atoms with E-state index in [1.54, 1.807) is 6.08 Å². The Labute approximate surface area is 132 Å². The van der Waals surface area contributed by atoms with Gasteiger partial charge in [0, 0.05) is 17.0 Å². The molecule has 114 valence electrons. The van der Waals surface area contributed by atoms with Gasteiger partial charge in [-0.15, -0.1) is 0 Å². The molecule has 3 rings (SSSR count). The van der Waals surface area contributed by atoms with Gasteiger partial charge in [0.25, 0.3) is 0 Å². The van der Waals surface area contributed by atoms with E-state index in [0.29, 0.717) is 17.6 Å². The van der Waals surface area contributed by atoms with Crippen LogP contribution in [0.15, 0.2) is 40.8 Å². The highest BCUT2D eigenvalue weighted by Gasteiger charge is 2.36. The number of rotatable bonds is 4. The number of amides is 1. The van der Waals surface area contributed by atoms with Crippen LogP contribution < -0.4 is 5.32 Å². The molecule has 2 aromatic rings. The minimum absolute atomic E-state index is 0.0889. The molecule has 2 unspecified atom stereocenters. The summed E-state index contributed by atoms with van der Waals surface area (Å²) in [5.74, 6) is 1.73. The topological polar surface area (TPSA) is 42.2 Å². The zero-order valence-corrected chi connectivity index (χ0v) is 12.7. The summed E-state index contributed by atoms with van der Waals surface area (Å²) in [5, 5.41) is 2.74. The Morgan fingerprint density at radius 1 is 1.41 bits per heavy atom. The second-order valence-electron chi connectivity index (χ2n) is 5.51. The summed E-state index contributed by atoms with van der Waals surface area (Å²) in [6.45, 7) is 2.18. The molecule has 0 saturated heterocycles. The summed E-state index contributed by atoms with van der Waals surface area (Å²) in [6, 6.07) is 7.84. The largest absolute Gasteiger partial charge is 0.461 e. The number of anilines is 1. The zero-order valence-electron chi connectivity index (χ0n) is 12.0. The highest BCUT2D eigenvalue weighted by Crippen LogP contribution is 2.47. The van der Waals surface area contributed by atoms with E-state index in [-0.39, 0.29) is 10.7 Å². The molecule has 1 aliphatic carbocycles. The van der Waals surface area contributed by atoms with Gasteiger partial charge in [0.15, 0.2) is 0 Å². The third-order valence-electron chi connectivity index (χ3n) is 3.71. The first-order valence-corrected chi connectivity index (χ1v) is 7.44. The van der Waals surface area contributed by atoms with E-state index in [1.807, 2.05) is 12.1 Å². The summed E-state index contributed by atoms with van der Waals surface area (Å²) in [5.41, 5.74) is 0.0889. The van der Waals surface area contributed by atoms with Crippen molar-refractivity contribution in [1.82, 2.24) is 0 Å². The minimum Gasteiger partial charge on any atom is -0.461 e. The molecular weight excluding hydrogens is 305 g/mol. The van der Waals surface area contributed by atoms with Crippen LogP contribution >= 0.6 is 11.6 Å². The highest BCUT2D eigenvalue weighted by atomic mass is 35.5. The lowest BCUT2D eigenvalue weighted by atomic mass is 10.3. The number of hydrogen-bond acceptors (Lipinski definition) is 2. The number of carbonyl (C=O) groups is 1. The molecule has 1 aliphatic rings. The average Bonchev–Trinajstić information content (AvgIpc) is 3.01. The van der Waals surface area contributed by atoms with Gasteiger partial charge < -0.3 is 9.73 Å². The Hall–Kier alpha value is -2.07. The van der Waals surface area contributed by atoms with Crippen molar-refractivity contribution in [2.24, 2.45) is 5.92 Å². The molecule has 2 atom stereocenters. The average molecular weight is 320 g/mol. The molecule has 3 nitrogen and oxygen atoms in total. The van der Waals surface area contributed by atoms with Crippen molar-refractivity contribution in [3.8, 4) is 0 Å². The van der Waals surface area contributed by atoms with Crippen molar-refractivity contribution in [1.29, 1.82) is 0 Å². The van der Waals surface area contributed by atoms with Crippen molar-refractivity contribution >= 4 is 29.3 Å². The van der Waals surface area contributed by atoms with Crippen molar-refractivity contribution in [3.63, 3.8) is 0 Å². The Morgan fingerprint density at radius 3 is 2.86 bits per heavy atom. The quantitative estimate of drug-likeness (QED) is 0.819. The molecular formula is C17H15ClFNO2. The fourth-order valence-electron chi connectivity index (χ4n) is 2.30. The van der Waals surface area contributed by atoms with Gasteiger partial charge in [0.05, 0.1) is 5.69 Å². The van der Waals surface area contributed by atoms with E-state index in [4.69, 9.17) is 16.0 Å². The Morgan fingerprint density at radius 2 is 2.18 bits per heavy atom. The second-order valence-corrected chi connectivity index (χ2v) is 5.94. The van der Waals surface area contributed by atoms with E-state index in [0.717, 1.165) is 18.2 Å². The van der Waals surface area contributed by atoms with E-state index in [2.05, 4.69) is 12.2 Å². The van der Waals surface area contributed by atoms with Crippen LogP contribution in [0.1, 0.15) is 30.8 Å². The Balaban J connectivity index is 1.62. The normalized spacial score (nSPS) is 20.3. The Kier molecular flexibility index (Phi) is 4.03. The van der Waals surface area contributed by atoms with Gasteiger partial charge in [-0.2, -0.15) is 0 Å². The second kappa shape index (κ2) is 5.97. The fraction of sp³-hybridized carbons (Fsp3) is 0.235. The molecule has 0 spiro atoms. The maximum Gasteiger partial charge on any atom is 0.248 e. The SMILES string of the molecule is CC1CC1c1ccc(/C=C/C(=O)Nc2ccc(Cl)cc2F)o1. The maximum atomic E-state index is 13.6. The van der Waals surface area contributed by atoms with Crippen LogP contribution in [0.3, 0.4) is 0 Å². The highest BCUT2D eigenvalue weighted by molar-refractivity contribution is 6.30. The van der Waals surface area contributed by atoms with Crippen LogP contribution in [0.5, 0.6) is 0 Å². The van der Waals surface area contributed by atoms with Crippen LogP contribution in [0.4, 0.5) is 10.1 Å². The molecule has 1 saturated carbocycles. The first-order valence-electron chi connectivity index (χ1n) is 7.07. The maximum absolute atomic E-state index is 13.6. The van der Waals surface area contributed by atoms with E-state index < -0.39 is 11.7 Å². The molecule has 0 radical (unpaired) electrons. The van der Waals surface area contributed by atoms with Crippen molar-refractivity contribution < 1.29 is 13.6 Å². The van der Waals surface area contributed by atoms with Crippen LogP contribution in [-0.2, 0) is 4.79 Å². The minimum atomic E-state index is -0.572. The number of furan rings is 1. The van der Waals surface area contributed by atoms with Gasteiger partial charge >= 0.3 is 0 Å². The Bertz CT molecular complexity index is 738. The standard InChI is InChI=1S/C17H15ClFNO2/c1-10-8-13(10)16-6-3-12(22-16)4-7-17(21)20-15-5-2-11(18)9-14(15)19/h2-7,9-10,13H,8H2,1H3,(H,20,21)/b7-4+. The monoisotopic (exact) mass is 319 g/mol. The third kappa shape index (κ3) is 3.39.